The number of benzene rings is 3. The molecule has 1 aliphatic rings. The Morgan fingerprint density at radius 3 is 1.48 bits per heavy atom. The number of rotatable bonds is 4. The van der Waals surface area contributed by atoms with Crippen molar-refractivity contribution in [1.82, 2.24) is 0 Å². The van der Waals surface area contributed by atoms with Gasteiger partial charge in [-0.15, -0.1) is 0 Å². The molecule has 0 aliphatic heterocycles. The van der Waals surface area contributed by atoms with E-state index in [0.717, 1.165) is 0 Å². The largest absolute Gasteiger partial charge is 0.0622 e. The number of hydrogen-bond donors (Lipinski definition) is 0. The SMILES string of the molecule is [Cl][Rh]/[C]1=C/CC/C=C\CC1.c1ccc(P(c2ccccc2)c2ccccc2)cc1. The third-order valence-electron chi connectivity index (χ3n) is 4.52. The van der Waals surface area contributed by atoms with Crippen molar-refractivity contribution in [3.8, 4) is 0 Å². The molecule has 0 heterocycles. The molecule has 0 bridgehead atoms. The fourth-order valence-corrected chi connectivity index (χ4v) is 6.85. The van der Waals surface area contributed by atoms with Crippen LogP contribution in [0.2, 0.25) is 0 Å². The first-order valence-electron chi connectivity index (χ1n) is 9.90. The van der Waals surface area contributed by atoms with Gasteiger partial charge in [-0.25, -0.2) is 0 Å². The van der Waals surface area contributed by atoms with E-state index in [0.29, 0.717) is 0 Å². The van der Waals surface area contributed by atoms with Gasteiger partial charge in [-0.1, -0.05) is 91.0 Å². The van der Waals surface area contributed by atoms with E-state index >= 15 is 0 Å². The number of hydrogen-bond acceptors (Lipinski definition) is 0. The molecule has 0 saturated heterocycles. The van der Waals surface area contributed by atoms with Crippen molar-refractivity contribution in [1.29, 1.82) is 0 Å². The topological polar surface area (TPSA) is 0 Å². The minimum atomic E-state index is -0.446. The molecule has 3 aromatic carbocycles. The molecular formula is C26H26ClPRh. The Labute approximate surface area is 188 Å². The molecular weight excluding hydrogens is 482 g/mol. The summed E-state index contributed by atoms with van der Waals surface area (Å²) >= 11 is 0.169. The second-order valence-corrected chi connectivity index (χ2v) is 10.9. The van der Waals surface area contributed by atoms with Gasteiger partial charge in [0.15, 0.2) is 0 Å². The Kier molecular flexibility index (Phi) is 9.88. The molecule has 0 spiro atoms. The molecule has 0 atom stereocenters. The molecule has 0 fully saturated rings. The Hall–Kier alpha value is -1.52. The number of allylic oxidation sites excluding steroid dienone is 4. The number of halogens is 1. The fraction of sp³-hybridized carbons (Fsp3) is 0.154. The molecule has 0 saturated carbocycles. The summed E-state index contributed by atoms with van der Waals surface area (Å²) < 4.78 is 1.48. The second-order valence-electron chi connectivity index (χ2n) is 6.61. The third-order valence-corrected chi connectivity index (χ3v) is 9.06. The first-order chi connectivity index (χ1) is 14.4. The molecule has 0 N–H and O–H groups in total. The zero-order chi connectivity index (χ0) is 20.2. The van der Waals surface area contributed by atoms with Gasteiger partial charge in [0.2, 0.25) is 0 Å². The van der Waals surface area contributed by atoms with Crippen molar-refractivity contribution in [3.63, 3.8) is 0 Å². The monoisotopic (exact) mass is 507 g/mol. The summed E-state index contributed by atoms with van der Waals surface area (Å²) in [5.74, 6) is 0. The maximum absolute atomic E-state index is 5.78. The fourth-order valence-electron chi connectivity index (χ4n) is 3.12. The summed E-state index contributed by atoms with van der Waals surface area (Å²) in [5, 5.41) is 4.19. The van der Waals surface area contributed by atoms with Crippen molar-refractivity contribution >= 4 is 33.5 Å². The summed E-state index contributed by atoms with van der Waals surface area (Å²) in [4.78, 5) is 0. The first kappa shape index (κ1) is 22.2. The maximum atomic E-state index is 5.78. The van der Waals surface area contributed by atoms with Crippen molar-refractivity contribution in [3.05, 3.63) is 113 Å². The van der Waals surface area contributed by atoms with E-state index in [-0.39, 0.29) is 16.1 Å². The average Bonchev–Trinajstić information content (AvgIpc) is 2.77. The van der Waals surface area contributed by atoms with Gasteiger partial charge in [0.1, 0.15) is 0 Å². The van der Waals surface area contributed by atoms with Crippen LogP contribution in [0.3, 0.4) is 0 Å². The molecule has 0 aromatic heterocycles. The van der Waals surface area contributed by atoms with Crippen molar-refractivity contribution in [2.75, 3.05) is 0 Å². The van der Waals surface area contributed by atoms with Crippen LogP contribution in [0.15, 0.2) is 113 Å². The van der Waals surface area contributed by atoms with E-state index < -0.39 is 7.92 Å². The van der Waals surface area contributed by atoms with E-state index in [2.05, 4.69) is 109 Å². The van der Waals surface area contributed by atoms with Crippen LogP contribution in [0.5, 0.6) is 0 Å². The predicted octanol–water partition coefficient (Wildman–Crippen LogP) is 6.68. The summed E-state index contributed by atoms with van der Waals surface area (Å²) in [6, 6.07) is 32.3. The molecule has 0 unspecified atom stereocenters. The van der Waals surface area contributed by atoms with E-state index in [1.165, 1.54) is 45.8 Å². The quantitative estimate of drug-likeness (QED) is 0.210. The average molecular weight is 508 g/mol. The van der Waals surface area contributed by atoms with E-state index in [4.69, 9.17) is 9.69 Å². The van der Waals surface area contributed by atoms with Crippen molar-refractivity contribution in [2.24, 2.45) is 0 Å². The zero-order valence-electron chi connectivity index (χ0n) is 16.4. The van der Waals surface area contributed by atoms with Crippen LogP contribution >= 0.6 is 17.6 Å². The minimum absolute atomic E-state index is 0.169. The van der Waals surface area contributed by atoms with E-state index in [9.17, 15) is 0 Å². The van der Waals surface area contributed by atoms with Gasteiger partial charge < -0.3 is 0 Å². The molecule has 0 radical (unpaired) electrons. The van der Waals surface area contributed by atoms with Crippen LogP contribution in [0.1, 0.15) is 25.7 Å². The molecule has 151 valence electrons. The van der Waals surface area contributed by atoms with Crippen molar-refractivity contribution < 1.29 is 16.1 Å². The van der Waals surface area contributed by atoms with Crippen LogP contribution < -0.4 is 15.9 Å². The summed E-state index contributed by atoms with van der Waals surface area (Å²) in [7, 11) is 5.34. The van der Waals surface area contributed by atoms with Crippen LogP contribution in [0, 0.1) is 0 Å². The Morgan fingerprint density at radius 1 is 0.586 bits per heavy atom. The first-order valence-corrected chi connectivity index (χ1v) is 14.2. The zero-order valence-corrected chi connectivity index (χ0v) is 19.7. The standard InChI is InChI=1S/C18H15P.C8H11.ClH.Rh/c1-4-10-16(11-5-1)19(17-12-6-2-7-13-17)18-14-8-3-9-15-18;1-2-4-6-8-7-5-3-1;;/h1-15H;1-2,7H,3-6H2;1H;/q;;;+1/p-1/b;2-1-,8-7?;;. The smallest absolute Gasteiger partial charge is 0.0134 e. The van der Waals surface area contributed by atoms with Crippen LogP contribution in [0.4, 0.5) is 0 Å². The van der Waals surface area contributed by atoms with Crippen LogP contribution in [-0.2, 0) is 16.1 Å². The molecule has 29 heavy (non-hydrogen) atoms. The molecule has 3 aromatic rings. The minimum Gasteiger partial charge on any atom is -0.0622 e. The van der Waals surface area contributed by atoms with Gasteiger partial charge in [-0.2, -0.15) is 0 Å². The molecule has 3 heteroatoms. The molecule has 4 rings (SSSR count). The van der Waals surface area contributed by atoms with Gasteiger partial charge in [0.05, 0.1) is 0 Å². The Bertz CT molecular complexity index is 798. The third kappa shape index (κ3) is 7.35. The normalized spacial score (nSPS) is 16.7. The summed E-state index contributed by atoms with van der Waals surface area (Å²) in [6.07, 6.45) is 11.6. The van der Waals surface area contributed by atoms with Gasteiger partial charge in [0.25, 0.3) is 0 Å². The molecule has 0 nitrogen and oxygen atoms in total. The summed E-state index contributed by atoms with van der Waals surface area (Å²) in [5.41, 5.74) is 0. The van der Waals surface area contributed by atoms with E-state index in [1.54, 1.807) is 0 Å². The Morgan fingerprint density at radius 2 is 1.03 bits per heavy atom. The maximum Gasteiger partial charge on any atom is -0.0134 e. The predicted molar refractivity (Wildman–Crippen MR) is 127 cm³/mol. The molecule has 1 aliphatic carbocycles. The second kappa shape index (κ2) is 12.9. The summed E-state index contributed by atoms with van der Waals surface area (Å²) in [6.45, 7) is 0. The van der Waals surface area contributed by atoms with E-state index in [1.807, 2.05) is 0 Å². The van der Waals surface area contributed by atoms with Gasteiger partial charge in [-0.3, -0.25) is 0 Å². The van der Waals surface area contributed by atoms with Crippen molar-refractivity contribution in [2.45, 2.75) is 25.7 Å². The van der Waals surface area contributed by atoms with Crippen LogP contribution in [-0.4, -0.2) is 0 Å². The Balaban J connectivity index is 0.000000204. The van der Waals surface area contributed by atoms with Gasteiger partial charge in [-0.05, 0) is 23.8 Å². The molecule has 0 amide bonds. The van der Waals surface area contributed by atoms with Gasteiger partial charge in [0, 0.05) is 0 Å². The van der Waals surface area contributed by atoms with Crippen LogP contribution in [0.25, 0.3) is 0 Å². The van der Waals surface area contributed by atoms with Gasteiger partial charge >= 0.3 is 73.9 Å².